The number of carboxylic acids is 2. The van der Waals surface area contributed by atoms with E-state index >= 15 is 0 Å². The highest BCUT2D eigenvalue weighted by molar-refractivity contribution is 8.18. The largest absolute Gasteiger partial charge is 0.493 e. The predicted octanol–water partition coefficient (Wildman–Crippen LogP) is 3.13. The third kappa shape index (κ3) is 5.69. The Morgan fingerprint density at radius 2 is 1.76 bits per heavy atom. The summed E-state index contributed by atoms with van der Waals surface area (Å²) >= 11 is 1.18. The SMILES string of the molecule is O=C(O)CCOc1ccc(/C=C2\SC(=Nc3ccc(C(=O)O)cc3)NC2=O)cc1. The predicted molar refractivity (Wildman–Crippen MR) is 108 cm³/mol. The number of carbonyl (C=O) groups is 3. The van der Waals surface area contributed by atoms with Gasteiger partial charge in [0.25, 0.3) is 5.91 Å². The first-order valence-corrected chi connectivity index (χ1v) is 9.30. The minimum absolute atomic E-state index is 0.0796. The van der Waals surface area contributed by atoms with Crippen LogP contribution in [0.5, 0.6) is 5.75 Å². The second-order valence-electron chi connectivity index (χ2n) is 5.89. The van der Waals surface area contributed by atoms with Gasteiger partial charge in [-0.2, -0.15) is 0 Å². The number of carbonyl (C=O) groups excluding carboxylic acids is 1. The second-order valence-corrected chi connectivity index (χ2v) is 6.93. The standard InChI is InChI=1S/C20H16N2O6S/c23-17(24)9-10-28-15-7-1-12(2-8-15)11-16-18(25)22-20(29-16)21-14-5-3-13(4-6-14)19(26)27/h1-8,11H,9-10H2,(H,23,24)(H,26,27)(H,21,22,25)/b16-11-. The van der Waals surface area contributed by atoms with Gasteiger partial charge in [0.1, 0.15) is 5.75 Å². The van der Waals surface area contributed by atoms with E-state index in [1.54, 1.807) is 42.5 Å². The minimum atomic E-state index is -1.02. The average Bonchev–Trinajstić information content (AvgIpc) is 3.02. The van der Waals surface area contributed by atoms with Gasteiger partial charge in [-0.1, -0.05) is 12.1 Å². The number of aliphatic imine (C=N–C) groups is 1. The van der Waals surface area contributed by atoms with Crippen LogP contribution in [0.4, 0.5) is 5.69 Å². The molecule has 1 saturated heterocycles. The summed E-state index contributed by atoms with van der Waals surface area (Å²) in [5.41, 5.74) is 1.47. The Morgan fingerprint density at radius 3 is 2.38 bits per heavy atom. The first-order valence-electron chi connectivity index (χ1n) is 8.48. The molecule has 3 rings (SSSR count). The van der Waals surface area contributed by atoms with Crippen molar-refractivity contribution in [1.29, 1.82) is 0 Å². The van der Waals surface area contributed by atoms with Crippen LogP contribution in [0.15, 0.2) is 58.4 Å². The topological polar surface area (TPSA) is 125 Å². The van der Waals surface area contributed by atoms with Crippen molar-refractivity contribution in [2.24, 2.45) is 4.99 Å². The third-order valence-corrected chi connectivity index (χ3v) is 4.67. The second kappa shape index (κ2) is 9.07. The Hall–Kier alpha value is -3.59. The van der Waals surface area contributed by atoms with Crippen molar-refractivity contribution in [3.63, 3.8) is 0 Å². The summed E-state index contributed by atoms with van der Waals surface area (Å²) in [6.07, 6.45) is 1.63. The molecule has 0 radical (unpaired) electrons. The number of hydrogen-bond acceptors (Lipinski definition) is 6. The fraction of sp³-hybridized carbons (Fsp3) is 0.100. The fourth-order valence-corrected chi connectivity index (χ4v) is 3.19. The number of amidine groups is 1. The Kier molecular flexibility index (Phi) is 6.30. The summed E-state index contributed by atoms with van der Waals surface area (Å²) in [6.45, 7) is 0.0846. The zero-order valence-electron chi connectivity index (χ0n) is 15.0. The van der Waals surface area contributed by atoms with Crippen molar-refractivity contribution in [2.45, 2.75) is 6.42 Å². The molecule has 1 aliphatic rings. The summed E-state index contributed by atoms with van der Waals surface area (Å²) in [4.78, 5) is 38.3. The van der Waals surface area contributed by atoms with Crippen LogP contribution in [0.1, 0.15) is 22.3 Å². The first kappa shape index (κ1) is 20.2. The van der Waals surface area contributed by atoms with E-state index in [1.165, 1.54) is 23.9 Å². The number of amides is 1. The molecule has 1 amide bonds. The number of nitrogens with zero attached hydrogens (tertiary/aromatic N) is 1. The Morgan fingerprint density at radius 1 is 1.07 bits per heavy atom. The molecule has 0 bridgehead atoms. The molecule has 0 atom stereocenters. The summed E-state index contributed by atoms with van der Waals surface area (Å²) in [7, 11) is 0. The summed E-state index contributed by atoms with van der Waals surface area (Å²) in [5.74, 6) is -1.68. The van der Waals surface area contributed by atoms with Gasteiger partial charge in [0.15, 0.2) is 5.17 Å². The lowest BCUT2D eigenvalue weighted by Crippen LogP contribution is -2.19. The van der Waals surface area contributed by atoms with Crippen LogP contribution in [0, 0.1) is 0 Å². The lowest BCUT2D eigenvalue weighted by molar-refractivity contribution is -0.137. The molecule has 2 aromatic rings. The van der Waals surface area contributed by atoms with Crippen molar-refractivity contribution in [3.05, 3.63) is 64.6 Å². The molecule has 148 valence electrons. The van der Waals surface area contributed by atoms with Gasteiger partial charge in [-0.05, 0) is 59.8 Å². The van der Waals surface area contributed by atoms with Gasteiger partial charge in [-0.3, -0.25) is 9.59 Å². The van der Waals surface area contributed by atoms with Crippen LogP contribution in [0.2, 0.25) is 0 Å². The number of thioether (sulfide) groups is 1. The molecular formula is C20H16N2O6S. The van der Waals surface area contributed by atoms with Crippen molar-refractivity contribution in [3.8, 4) is 5.75 Å². The van der Waals surface area contributed by atoms with E-state index in [4.69, 9.17) is 14.9 Å². The molecule has 8 nitrogen and oxygen atoms in total. The molecule has 0 aromatic heterocycles. The molecule has 0 unspecified atom stereocenters. The van der Waals surface area contributed by atoms with E-state index in [-0.39, 0.29) is 24.5 Å². The highest BCUT2D eigenvalue weighted by atomic mass is 32.2. The number of ether oxygens (including phenoxy) is 1. The van der Waals surface area contributed by atoms with Crippen LogP contribution in [0.25, 0.3) is 6.08 Å². The van der Waals surface area contributed by atoms with Crippen molar-refractivity contribution < 1.29 is 29.3 Å². The molecule has 1 fully saturated rings. The van der Waals surface area contributed by atoms with E-state index in [9.17, 15) is 14.4 Å². The number of rotatable bonds is 7. The Balaban J connectivity index is 1.65. The lowest BCUT2D eigenvalue weighted by Gasteiger charge is -2.04. The molecule has 0 saturated carbocycles. The van der Waals surface area contributed by atoms with Crippen LogP contribution in [0.3, 0.4) is 0 Å². The van der Waals surface area contributed by atoms with Crippen molar-refractivity contribution >= 4 is 46.5 Å². The van der Waals surface area contributed by atoms with Gasteiger partial charge in [-0.15, -0.1) is 0 Å². The smallest absolute Gasteiger partial charge is 0.335 e. The molecule has 0 aliphatic carbocycles. The van der Waals surface area contributed by atoms with Crippen LogP contribution in [-0.4, -0.2) is 39.8 Å². The van der Waals surface area contributed by atoms with E-state index in [2.05, 4.69) is 10.3 Å². The number of carboxylic acid groups (broad SMARTS) is 2. The van der Waals surface area contributed by atoms with Gasteiger partial charge in [0, 0.05) is 0 Å². The number of nitrogens with one attached hydrogen (secondary N) is 1. The lowest BCUT2D eigenvalue weighted by atomic mass is 10.2. The maximum Gasteiger partial charge on any atom is 0.335 e. The summed E-state index contributed by atoms with van der Waals surface area (Å²) < 4.78 is 5.33. The van der Waals surface area contributed by atoms with Crippen LogP contribution >= 0.6 is 11.8 Å². The summed E-state index contributed by atoms with van der Waals surface area (Å²) in [6, 6.07) is 12.9. The number of aliphatic carboxylic acids is 1. The Bertz CT molecular complexity index is 997. The van der Waals surface area contributed by atoms with Crippen molar-refractivity contribution in [1.82, 2.24) is 5.32 Å². The zero-order valence-corrected chi connectivity index (χ0v) is 15.8. The highest BCUT2D eigenvalue weighted by Crippen LogP contribution is 2.28. The molecule has 29 heavy (non-hydrogen) atoms. The monoisotopic (exact) mass is 412 g/mol. The van der Waals surface area contributed by atoms with E-state index in [0.29, 0.717) is 21.5 Å². The van der Waals surface area contributed by atoms with Crippen molar-refractivity contribution in [2.75, 3.05) is 6.61 Å². The molecule has 9 heteroatoms. The third-order valence-electron chi connectivity index (χ3n) is 3.76. The number of hydrogen-bond donors (Lipinski definition) is 3. The van der Waals surface area contributed by atoms with E-state index in [0.717, 1.165) is 5.56 Å². The fourth-order valence-electron chi connectivity index (χ4n) is 2.34. The maximum atomic E-state index is 12.2. The maximum absolute atomic E-state index is 12.2. The first-order chi connectivity index (χ1) is 13.9. The van der Waals surface area contributed by atoms with E-state index in [1.807, 2.05) is 0 Å². The van der Waals surface area contributed by atoms with Gasteiger partial charge < -0.3 is 20.3 Å². The van der Waals surface area contributed by atoms with Gasteiger partial charge in [-0.25, -0.2) is 9.79 Å². The Labute approximate surface area is 169 Å². The normalized spacial score (nSPS) is 16.1. The zero-order chi connectivity index (χ0) is 20.8. The molecular weight excluding hydrogens is 396 g/mol. The molecule has 2 aromatic carbocycles. The number of benzene rings is 2. The minimum Gasteiger partial charge on any atom is -0.493 e. The average molecular weight is 412 g/mol. The van der Waals surface area contributed by atoms with Crippen LogP contribution in [-0.2, 0) is 9.59 Å². The quantitative estimate of drug-likeness (QED) is 0.597. The van der Waals surface area contributed by atoms with Crippen LogP contribution < -0.4 is 10.1 Å². The van der Waals surface area contributed by atoms with Gasteiger partial charge >= 0.3 is 11.9 Å². The highest BCUT2D eigenvalue weighted by Gasteiger charge is 2.23. The van der Waals surface area contributed by atoms with E-state index < -0.39 is 11.9 Å². The molecule has 0 spiro atoms. The molecule has 1 heterocycles. The molecule has 1 aliphatic heterocycles. The summed E-state index contributed by atoms with van der Waals surface area (Å²) in [5, 5.41) is 20.6. The molecule has 3 N–H and O–H groups in total. The number of aromatic carboxylic acids is 1. The van der Waals surface area contributed by atoms with Gasteiger partial charge in [0.2, 0.25) is 0 Å². The van der Waals surface area contributed by atoms with Gasteiger partial charge in [0.05, 0.1) is 29.2 Å².